The zero-order valence-electron chi connectivity index (χ0n) is 28.2. The second-order valence-corrected chi connectivity index (χ2v) is 13.5. The zero-order chi connectivity index (χ0) is 31.3. The molecule has 2 aromatic rings. The molecule has 1 aliphatic rings. The lowest BCUT2D eigenvalue weighted by Crippen LogP contribution is -2.33. The van der Waals surface area contributed by atoms with Crippen molar-refractivity contribution in [1.29, 1.82) is 0 Å². The largest absolute Gasteiger partial charge is 0.239 e. The molecule has 0 aromatic heterocycles. The Morgan fingerprint density at radius 1 is 0.500 bits per heavy atom. The number of hydrogen-bond donors (Lipinski definition) is 0. The average molecular weight is 605 g/mol. The number of benzene rings is 2. The van der Waals surface area contributed by atoms with E-state index in [1.165, 1.54) is 103 Å². The van der Waals surface area contributed by atoms with Crippen molar-refractivity contribution in [3.8, 4) is 11.1 Å². The summed E-state index contributed by atoms with van der Waals surface area (Å²) < 4.78 is 32.2. The van der Waals surface area contributed by atoms with E-state index < -0.39 is 17.4 Å². The molecule has 1 unspecified atom stereocenters. The molecule has 0 bridgehead atoms. The Morgan fingerprint density at radius 3 is 1.34 bits per heavy atom. The second-order valence-electron chi connectivity index (χ2n) is 13.5. The number of allylic oxidation sites excluding steroid dienone is 4. The molecule has 0 spiro atoms. The fourth-order valence-electron chi connectivity index (χ4n) is 6.94. The van der Waals surface area contributed by atoms with Crippen molar-refractivity contribution < 1.29 is 8.78 Å². The first-order valence-electron chi connectivity index (χ1n) is 18.5. The second kappa shape index (κ2) is 21.5. The Balaban J connectivity index is 1.55. The lowest BCUT2D eigenvalue weighted by molar-refractivity contribution is 0.131. The topological polar surface area (TPSA) is 0 Å². The zero-order valence-corrected chi connectivity index (χ0v) is 28.2. The molecule has 44 heavy (non-hydrogen) atoms. The number of alkyl halides is 1. The van der Waals surface area contributed by atoms with Gasteiger partial charge in [0.1, 0.15) is 5.83 Å². The molecule has 1 atom stereocenters. The van der Waals surface area contributed by atoms with Crippen LogP contribution in [0.4, 0.5) is 8.78 Å². The molecule has 2 aromatic carbocycles. The molecule has 0 radical (unpaired) electrons. The van der Waals surface area contributed by atoms with Crippen LogP contribution in [0.15, 0.2) is 72.6 Å². The van der Waals surface area contributed by atoms with E-state index in [1.807, 2.05) is 48.5 Å². The maximum Gasteiger partial charge on any atom is 0.161 e. The number of unbranched alkanes of at least 4 members (excludes halogenated alkanes) is 18. The Hall–Kier alpha value is -2.22. The van der Waals surface area contributed by atoms with Gasteiger partial charge in [-0.1, -0.05) is 209 Å². The maximum atomic E-state index is 16.2. The normalized spacial score (nSPS) is 16.1. The molecular weight excluding hydrogens is 542 g/mol. The predicted molar refractivity (Wildman–Crippen MR) is 189 cm³/mol. The number of halogens is 2. The molecule has 0 amide bonds. The Morgan fingerprint density at radius 2 is 0.886 bits per heavy atom. The van der Waals surface area contributed by atoms with Crippen LogP contribution in [-0.2, 0) is 0 Å². The summed E-state index contributed by atoms with van der Waals surface area (Å²) >= 11 is 0. The third kappa shape index (κ3) is 12.3. The molecule has 0 nitrogen and oxygen atoms in total. The van der Waals surface area contributed by atoms with Crippen molar-refractivity contribution in [2.75, 3.05) is 0 Å². The van der Waals surface area contributed by atoms with Gasteiger partial charge in [0.15, 0.2) is 6.17 Å². The van der Waals surface area contributed by atoms with Crippen molar-refractivity contribution in [3.63, 3.8) is 0 Å². The summed E-state index contributed by atoms with van der Waals surface area (Å²) in [7, 11) is 0. The summed E-state index contributed by atoms with van der Waals surface area (Å²) in [4.78, 5) is 0. The molecule has 3 rings (SSSR count). The van der Waals surface area contributed by atoms with Crippen LogP contribution >= 0.6 is 0 Å². The maximum absolute atomic E-state index is 16.2. The van der Waals surface area contributed by atoms with Crippen LogP contribution in [0.2, 0.25) is 0 Å². The van der Waals surface area contributed by atoms with Crippen LogP contribution in [0.1, 0.15) is 161 Å². The van der Waals surface area contributed by atoms with Crippen molar-refractivity contribution in [2.45, 2.75) is 161 Å². The fourth-order valence-corrected chi connectivity index (χ4v) is 6.94. The van der Waals surface area contributed by atoms with E-state index in [0.29, 0.717) is 5.57 Å². The lowest BCUT2D eigenvalue weighted by Gasteiger charge is -2.37. The number of hydrogen-bond acceptors (Lipinski definition) is 0. The van der Waals surface area contributed by atoms with Gasteiger partial charge < -0.3 is 0 Å². The van der Waals surface area contributed by atoms with E-state index in [-0.39, 0.29) is 0 Å². The van der Waals surface area contributed by atoms with Gasteiger partial charge >= 0.3 is 0 Å². The summed E-state index contributed by atoms with van der Waals surface area (Å²) in [5.41, 5.74) is 2.68. The molecular formula is C42H62F2. The van der Waals surface area contributed by atoms with Gasteiger partial charge in [0.2, 0.25) is 0 Å². The first kappa shape index (κ1) is 36.3. The van der Waals surface area contributed by atoms with Gasteiger partial charge in [0, 0.05) is 11.0 Å². The molecule has 0 saturated heterocycles. The van der Waals surface area contributed by atoms with Crippen LogP contribution in [0.5, 0.6) is 0 Å². The third-order valence-corrected chi connectivity index (χ3v) is 9.86. The van der Waals surface area contributed by atoms with Crippen LogP contribution in [-0.4, -0.2) is 6.17 Å². The fraction of sp³-hybridized carbons (Fsp3) is 0.619. The Kier molecular flexibility index (Phi) is 17.7. The molecule has 0 fully saturated rings. The highest BCUT2D eigenvalue weighted by Crippen LogP contribution is 2.47. The van der Waals surface area contributed by atoms with E-state index in [9.17, 15) is 0 Å². The standard InChI is InChI=1S/C42H62F2/c1-3-5-7-9-11-13-15-17-19-24-33-42(34-25-20-18-16-14-12-10-8-6-4-2)35-32-39(40(43)41(42)44)38-30-28-37(29-31-38)36-26-22-21-23-27-36/h21-23,26-32,35,41H,3-20,24-25,33-34H2,1-2H3. The van der Waals surface area contributed by atoms with E-state index in [2.05, 4.69) is 32.1 Å². The van der Waals surface area contributed by atoms with E-state index >= 15 is 8.78 Å². The van der Waals surface area contributed by atoms with Gasteiger partial charge in [0.05, 0.1) is 0 Å². The first-order valence-corrected chi connectivity index (χ1v) is 18.5. The van der Waals surface area contributed by atoms with Gasteiger partial charge in [-0.25, -0.2) is 8.78 Å². The smallest absolute Gasteiger partial charge is 0.161 e. The lowest BCUT2D eigenvalue weighted by atomic mass is 9.70. The van der Waals surface area contributed by atoms with E-state index in [0.717, 1.165) is 55.2 Å². The Bertz CT molecular complexity index is 1040. The molecule has 1 aliphatic carbocycles. The molecule has 0 N–H and O–H groups in total. The summed E-state index contributed by atoms with van der Waals surface area (Å²) in [6.07, 6.45) is 29.0. The quantitative estimate of drug-likeness (QED) is 0.105. The molecule has 0 aliphatic heterocycles. The van der Waals surface area contributed by atoms with Crippen molar-refractivity contribution in [3.05, 3.63) is 78.1 Å². The van der Waals surface area contributed by atoms with E-state index in [1.54, 1.807) is 0 Å². The van der Waals surface area contributed by atoms with Crippen LogP contribution in [0.3, 0.4) is 0 Å². The van der Waals surface area contributed by atoms with Crippen molar-refractivity contribution in [2.24, 2.45) is 5.41 Å². The van der Waals surface area contributed by atoms with Crippen LogP contribution in [0, 0.1) is 5.41 Å². The monoisotopic (exact) mass is 604 g/mol. The van der Waals surface area contributed by atoms with Gasteiger partial charge in [-0.2, -0.15) is 0 Å². The molecule has 0 heterocycles. The highest BCUT2D eigenvalue weighted by atomic mass is 19.2. The summed E-state index contributed by atoms with van der Waals surface area (Å²) in [6, 6.07) is 18.1. The first-order chi connectivity index (χ1) is 21.6. The average Bonchev–Trinajstić information content (AvgIpc) is 3.06. The van der Waals surface area contributed by atoms with Crippen molar-refractivity contribution in [1.82, 2.24) is 0 Å². The summed E-state index contributed by atoms with van der Waals surface area (Å²) in [5.74, 6) is -0.570. The van der Waals surface area contributed by atoms with Gasteiger partial charge in [-0.3, -0.25) is 0 Å². The van der Waals surface area contributed by atoms with Gasteiger partial charge in [-0.15, -0.1) is 0 Å². The molecule has 2 heteroatoms. The molecule has 0 saturated carbocycles. The molecule has 244 valence electrons. The number of rotatable bonds is 24. The highest BCUT2D eigenvalue weighted by molar-refractivity contribution is 5.79. The predicted octanol–water partition coefficient (Wildman–Crippen LogP) is 14.6. The Labute approximate surface area is 269 Å². The summed E-state index contributed by atoms with van der Waals surface area (Å²) in [6.45, 7) is 4.52. The minimum atomic E-state index is -1.56. The SMILES string of the molecule is CCCCCCCCCCCCC1(CCCCCCCCCCCC)C=CC(c2ccc(-c3ccccc3)cc2)=C(F)C1F. The highest BCUT2D eigenvalue weighted by Gasteiger charge is 2.42. The van der Waals surface area contributed by atoms with E-state index in [4.69, 9.17) is 0 Å². The third-order valence-electron chi connectivity index (χ3n) is 9.86. The van der Waals surface area contributed by atoms with Crippen molar-refractivity contribution >= 4 is 5.57 Å². The summed E-state index contributed by atoms with van der Waals surface area (Å²) in [5, 5.41) is 0. The minimum Gasteiger partial charge on any atom is -0.239 e. The van der Waals surface area contributed by atoms with Gasteiger partial charge in [0.25, 0.3) is 0 Å². The van der Waals surface area contributed by atoms with Gasteiger partial charge in [-0.05, 0) is 29.5 Å². The van der Waals surface area contributed by atoms with Crippen LogP contribution < -0.4 is 0 Å². The minimum absolute atomic E-state index is 0.416. The van der Waals surface area contributed by atoms with Crippen LogP contribution in [0.25, 0.3) is 16.7 Å².